The largest absolute Gasteiger partial charge is 0.435 e. The molecule has 0 aromatic heterocycles. The second kappa shape index (κ2) is 9.70. The lowest BCUT2D eigenvalue weighted by Gasteiger charge is -2.19. The normalized spacial score (nSPS) is 12.7. The molecule has 0 bridgehead atoms. The number of hydrogen-bond donors (Lipinski definition) is 1. The van der Waals surface area contributed by atoms with Crippen LogP contribution in [0.2, 0.25) is 0 Å². The maximum atomic E-state index is 12.3. The Bertz CT molecular complexity index is 371. The quantitative estimate of drug-likeness (QED) is 0.617. The van der Waals surface area contributed by atoms with E-state index in [9.17, 15) is 8.78 Å². The number of rotatable bonds is 10. The summed E-state index contributed by atoms with van der Waals surface area (Å²) in [5, 5.41) is 3.41. The van der Waals surface area contributed by atoms with Crippen molar-refractivity contribution in [3.05, 3.63) is 29.8 Å². The molecule has 2 nitrogen and oxygen atoms in total. The van der Waals surface area contributed by atoms with Crippen LogP contribution in [0.15, 0.2) is 24.3 Å². The van der Waals surface area contributed by atoms with Gasteiger partial charge in [-0.3, -0.25) is 0 Å². The van der Waals surface area contributed by atoms with Crippen LogP contribution in [0.5, 0.6) is 5.75 Å². The van der Waals surface area contributed by atoms with Crippen LogP contribution in [0.1, 0.15) is 57.6 Å². The average Bonchev–Trinajstić information content (AvgIpc) is 2.42. The fourth-order valence-electron chi connectivity index (χ4n) is 2.32. The van der Waals surface area contributed by atoms with Crippen molar-refractivity contribution in [1.29, 1.82) is 0 Å². The van der Waals surface area contributed by atoms with Gasteiger partial charge in [0.25, 0.3) is 0 Å². The number of halogens is 2. The topological polar surface area (TPSA) is 21.3 Å². The van der Waals surface area contributed by atoms with Gasteiger partial charge in [0, 0.05) is 6.04 Å². The van der Waals surface area contributed by atoms with Crippen LogP contribution in [0, 0.1) is 0 Å². The van der Waals surface area contributed by atoms with E-state index in [4.69, 9.17) is 0 Å². The van der Waals surface area contributed by atoms with Crippen molar-refractivity contribution in [3.8, 4) is 5.75 Å². The van der Waals surface area contributed by atoms with Crippen LogP contribution in [-0.4, -0.2) is 13.2 Å². The van der Waals surface area contributed by atoms with Crippen molar-refractivity contribution in [2.45, 2.75) is 58.6 Å². The van der Waals surface area contributed by atoms with Gasteiger partial charge in [-0.05, 0) is 30.7 Å². The highest BCUT2D eigenvalue weighted by atomic mass is 19.3. The third kappa shape index (κ3) is 6.33. The Morgan fingerprint density at radius 3 is 2.60 bits per heavy atom. The van der Waals surface area contributed by atoms with Gasteiger partial charge >= 0.3 is 6.61 Å². The number of unbranched alkanes of at least 4 members (excludes halogenated alkanes) is 3. The van der Waals surface area contributed by atoms with Crippen LogP contribution in [0.3, 0.4) is 0 Å². The van der Waals surface area contributed by atoms with Crippen LogP contribution >= 0.6 is 0 Å². The van der Waals surface area contributed by atoms with Gasteiger partial charge in [0.1, 0.15) is 5.75 Å². The predicted molar refractivity (Wildman–Crippen MR) is 78.3 cm³/mol. The zero-order valence-electron chi connectivity index (χ0n) is 12.4. The monoisotopic (exact) mass is 285 g/mol. The van der Waals surface area contributed by atoms with E-state index in [1.54, 1.807) is 18.2 Å². The summed E-state index contributed by atoms with van der Waals surface area (Å²) in [5.41, 5.74) is 1.02. The highest BCUT2D eigenvalue weighted by molar-refractivity contribution is 5.30. The number of nitrogens with one attached hydrogen (secondary N) is 1. The lowest BCUT2D eigenvalue weighted by molar-refractivity contribution is -0.0499. The Labute approximate surface area is 120 Å². The van der Waals surface area contributed by atoms with Crippen LogP contribution in [-0.2, 0) is 0 Å². The summed E-state index contributed by atoms with van der Waals surface area (Å²) in [6.45, 7) is 2.33. The maximum Gasteiger partial charge on any atom is 0.387 e. The van der Waals surface area contributed by atoms with E-state index >= 15 is 0 Å². The van der Waals surface area contributed by atoms with Gasteiger partial charge in [0.15, 0.2) is 0 Å². The fourth-order valence-corrected chi connectivity index (χ4v) is 2.32. The second-order valence-electron chi connectivity index (χ2n) is 4.91. The molecule has 1 unspecified atom stereocenters. The molecule has 0 saturated carbocycles. The molecule has 0 heterocycles. The Balaban J connectivity index is 2.64. The van der Waals surface area contributed by atoms with Crippen LogP contribution in [0.25, 0.3) is 0 Å². The van der Waals surface area contributed by atoms with Crippen LogP contribution in [0.4, 0.5) is 8.78 Å². The molecule has 1 rings (SSSR count). The highest BCUT2D eigenvalue weighted by Gasteiger charge is 2.12. The molecular weight excluding hydrogens is 260 g/mol. The first-order chi connectivity index (χ1) is 9.67. The molecule has 1 aromatic rings. The third-order valence-corrected chi connectivity index (χ3v) is 3.28. The zero-order chi connectivity index (χ0) is 14.8. The van der Waals surface area contributed by atoms with Crippen LogP contribution < -0.4 is 10.1 Å². The minimum absolute atomic E-state index is 0.207. The molecule has 0 aliphatic rings. The first kappa shape index (κ1) is 16.9. The Kier molecular flexibility index (Phi) is 8.19. The zero-order valence-corrected chi connectivity index (χ0v) is 12.4. The third-order valence-electron chi connectivity index (χ3n) is 3.28. The van der Waals surface area contributed by atoms with Gasteiger partial charge in [-0.15, -0.1) is 0 Å². The van der Waals surface area contributed by atoms with E-state index in [1.807, 2.05) is 6.07 Å². The van der Waals surface area contributed by atoms with E-state index in [0.29, 0.717) is 0 Å². The summed E-state index contributed by atoms with van der Waals surface area (Å²) in [6.07, 6.45) is 5.83. The SMILES string of the molecule is CCCCCCC(NCC)c1cccc(OC(F)F)c1. The Hall–Kier alpha value is -1.16. The molecule has 0 radical (unpaired) electrons. The van der Waals surface area contributed by atoms with Crippen molar-refractivity contribution >= 4 is 0 Å². The maximum absolute atomic E-state index is 12.3. The summed E-state index contributed by atoms with van der Waals surface area (Å²) in [7, 11) is 0. The van der Waals surface area contributed by atoms with Gasteiger partial charge in [0.05, 0.1) is 0 Å². The molecule has 0 aliphatic heterocycles. The van der Waals surface area contributed by atoms with Gasteiger partial charge in [-0.1, -0.05) is 51.7 Å². The molecule has 1 N–H and O–H groups in total. The minimum Gasteiger partial charge on any atom is -0.435 e. The van der Waals surface area contributed by atoms with E-state index in [-0.39, 0.29) is 11.8 Å². The first-order valence-electron chi connectivity index (χ1n) is 7.45. The standard InChI is InChI=1S/C16H25F2NO/c1-3-5-6-7-11-15(19-4-2)13-9-8-10-14(12-13)20-16(17)18/h8-10,12,15-16,19H,3-7,11H2,1-2H3. The van der Waals surface area contributed by atoms with Gasteiger partial charge in [-0.25, -0.2) is 0 Å². The highest BCUT2D eigenvalue weighted by Crippen LogP contribution is 2.24. The summed E-state index contributed by atoms with van der Waals surface area (Å²) in [4.78, 5) is 0. The lowest BCUT2D eigenvalue weighted by Crippen LogP contribution is -2.21. The Morgan fingerprint density at radius 2 is 1.95 bits per heavy atom. The lowest BCUT2D eigenvalue weighted by atomic mass is 9.99. The van der Waals surface area contributed by atoms with Gasteiger partial charge in [-0.2, -0.15) is 8.78 Å². The summed E-state index contributed by atoms with van der Waals surface area (Å²) >= 11 is 0. The molecule has 0 fully saturated rings. The number of benzene rings is 1. The summed E-state index contributed by atoms with van der Waals surface area (Å²) in [5.74, 6) is 0.231. The summed E-state index contributed by atoms with van der Waals surface area (Å²) in [6, 6.07) is 7.21. The summed E-state index contributed by atoms with van der Waals surface area (Å²) < 4.78 is 29.0. The van der Waals surface area contributed by atoms with Crippen molar-refractivity contribution in [2.24, 2.45) is 0 Å². The number of ether oxygens (including phenoxy) is 1. The fraction of sp³-hybridized carbons (Fsp3) is 0.625. The molecule has 0 saturated heterocycles. The Morgan fingerprint density at radius 1 is 1.15 bits per heavy atom. The molecule has 1 atom stereocenters. The molecule has 20 heavy (non-hydrogen) atoms. The van der Waals surface area contributed by atoms with E-state index in [0.717, 1.165) is 24.9 Å². The molecular formula is C16H25F2NO. The van der Waals surface area contributed by atoms with Crippen molar-refractivity contribution in [3.63, 3.8) is 0 Å². The van der Waals surface area contributed by atoms with E-state index in [1.165, 1.54) is 19.3 Å². The molecule has 4 heteroatoms. The second-order valence-corrected chi connectivity index (χ2v) is 4.91. The first-order valence-corrected chi connectivity index (χ1v) is 7.45. The number of alkyl halides is 2. The van der Waals surface area contributed by atoms with Crippen molar-refractivity contribution in [1.82, 2.24) is 5.32 Å². The van der Waals surface area contributed by atoms with Crippen molar-refractivity contribution < 1.29 is 13.5 Å². The minimum atomic E-state index is -2.77. The predicted octanol–water partition coefficient (Wildman–Crippen LogP) is 4.91. The van der Waals surface area contributed by atoms with E-state index in [2.05, 4.69) is 23.9 Å². The van der Waals surface area contributed by atoms with Crippen molar-refractivity contribution in [2.75, 3.05) is 6.54 Å². The van der Waals surface area contributed by atoms with Gasteiger partial charge < -0.3 is 10.1 Å². The molecule has 0 amide bonds. The number of hydrogen-bond acceptors (Lipinski definition) is 2. The molecule has 0 aliphatic carbocycles. The molecule has 114 valence electrons. The molecule has 1 aromatic carbocycles. The van der Waals surface area contributed by atoms with E-state index < -0.39 is 6.61 Å². The smallest absolute Gasteiger partial charge is 0.387 e. The van der Waals surface area contributed by atoms with Gasteiger partial charge in [0.2, 0.25) is 0 Å². The molecule has 0 spiro atoms. The average molecular weight is 285 g/mol.